The fourth-order valence-electron chi connectivity index (χ4n) is 2.12. The molecule has 1 heterocycles. The van der Waals surface area contributed by atoms with E-state index < -0.39 is 0 Å². The van der Waals surface area contributed by atoms with Gasteiger partial charge in [0.2, 0.25) is 0 Å². The average molecular weight is 299 g/mol. The number of ether oxygens (including phenoxy) is 2. The summed E-state index contributed by atoms with van der Waals surface area (Å²) in [6.45, 7) is 6.61. The van der Waals surface area contributed by atoms with E-state index in [0.717, 1.165) is 5.75 Å². The molecule has 0 spiro atoms. The predicted octanol–water partition coefficient (Wildman–Crippen LogP) is 3.94. The number of benzene rings is 1. The van der Waals surface area contributed by atoms with Crippen molar-refractivity contribution in [3.8, 4) is 5.75 Å². The molecule has 3 heteroatoms. The summed E-state index contributed by atoms with van der Waals surface area (Å²) in [5, 5.41) is 0. The topological polar surface area (TPSA) is 18.5 Å². The van der Waals surface area contributed by atoms with Crippen LogP contribution in [0.25, 0.3) is 0 Å². The third-order valence-corrected chi connectivity index (χ3v) is 4.13. The third kappa shape index (κ3) is 2.50. The van der Waals surface area contributed by atoms with E-state index in [1.165, 1.54) is 5.56 Å². The quantitative estimate of drug-likeness (QED) is 0.770. The zero-order valence-electron chi connectivity index (χ0n) is 10.7. The minimum absolute atomic E-state index is 0.158. The van der Waals surface area contributed by atoms with Gasteiger partial charge in [0.1, 0.15) is 5.75 Å². The van der Waals surface area contributed by atoms with Crippen molar-refractivity contribution < 1.29 is 9.47 Å². The van der Waals surface area contributed by atoms with Crippen LogP contribution in [0.2, 0.25) is 0 Å². The Labute approximate surface area is 111 Å². The Kier molecular flexibility index (Phi) is 3.50. The van der Waals surface area contributed by atoms with E-state index in [1.54, 1.807) is 7.11 Å². The van der Waals surface area contributed by atoms with Crippen molar-refractivity contribution in [2.45, 2.75) is 37.8 Å². The molecule has 2 nitrogen and oxygen atoms in total. The second-order valence-electron chi connectivity index (χ2n) is 5.56. The molecule has 17 heavy (non-hydrogen) atoms. The number of alkyl halides is 1. The lowest BCUT2D eigenvalue weighted by molar-refractivity contribution is -0.162. The molecule has 94 valence electrons. The lowest BCUT2D eigenvalue weighted by Gasteiger charge is -2.48. The summed E-state index contributed by atoms with van der Waals surface area (Å²) >= 11 is 3.74. The van der Waals surface area contributed by atoms with Crippen LogP contribution in [0.3, 0.4) is 0 Å². The summed E-state index contributed by atoms with van der Waals surface area (Å²) in [6, 6.07) is 8.08. The van der Waals surface area contributed by atoms with Crippen molar-refractivity contribution >= 4 is 15.9 Å². The minimum atomic E-state index is 0.158. The normalized spacial score (nSPS) is 28.6. The molecule has 0 saturated carbocycles. The van der Waals surface area contributed by atoms with Gasteiger partial charge in [-0.3, -0.25) is 0 Å². The molecule has 0 N–H and O–H groups in total. The first-order valence-corrected chi connectivity index (χ1v) is 6.78. The Morgan fingerprint density at radius 1 is 1.18 bits per heavy atom. The first-order chi connectivity index (χ1) is 7.93. The van der Waals surface area contributed by atoms with Crippen molar-refractivity contribution in [3.63, 3.8) is 0 Å². The molecule has 1 aromatic rings. The highest BCUT2D eigenvalue weighted by Crippen LogP contribution is 2.47. The number of hydrogen-bond acceptors (Lipinski definition) is 2. The van der Waals surface area contributed by atoms with Crippen LogP contribution in [0.4, 0.5) is 0 Å². The monoisotopic (exact) mass is 298 g/mol. The lowest BCUT2D eigenvalue weighted by Crippen LogP contribution is -2.51. The number of rotatable bonds is 2. The molecule has 0 bridgehead atoms. The molecule has 1 aliphatic rings. The van der Waals surface area contributed by atoms with Crippen LogP contribution in [-0.4, -0.2) is 18.0 Å². The van der Waals surface area contributed by atoms with Crippen LogP contribution >= 0.6 is 15.9 Å². The maximum absolute atomic E-state index is 5.99. The van der Waals surface area contributed by atoms with Crippen molar-refractivity contribution in [2.75, 3.05) is 7.11 Å². The molecule has 0 aromatic heterocycles. The molecule has 2 rings (SSSR count). The number of halogens is 1. The van der Waals surface area contributed by atoms with Gasteiger partial charge in [0.05, 0.1) is 24.1 Å². The summed E-state index contributed by atoms with van der Waals surface area (Å²) in [5.41, 5.74) is 1.38. The van der Waals surface area contributed by atoms with Crippen LogP contribution in [0, 0.1) is 5.41 Å². The molecule has 0 radical (unpaired) electrons. The molecule has 1 saturated heterocycles. The maximum atomic E-state index is 5.99. The van der Waals surface area contributed by atoms with E-state index in [-0.39, 0.29) is 17.6 Å². The van der Waals surface area contributed by atoms with E-state index in [4.69, 9.17) is 9.47 Å². The van der Waals surface area contributed by atoms with Crippen LogP contribution in [0.15, 0.2) is 24.3 Å². The van der Waals surface area contributed by atoms with Crippen LogP contribution in [-0.2, 0) is 4.74 Å². The molecular weight excluding hydrogens is 280 g/mol. The van der Waals surface area contributed by atoms with E-state index in [0.29, 0.717) is 4.83 Å². The van der Waals surface area contributed by atoms with Gasteiger partial charge in [0.15, 0.2) is 0 Å². The maximum Gasteiger partial charge on any atom is 0.118 e. The highest BCUT2D eigenvalue weighted by atomic mass is 79.9. The number of methoxy groups -OCH3 is 1. The first-order valence-electron chi connectivity index (χ1n) is 5.87. The SMILES string of the molecule is COc1ccc([C@H]2O[C@@H](C(C)(C)C)[C@@H]2Br)cc1. The minimum Gasteiger partial charge on any atom is -0.497 e. The Morgan fingerprint density at radius 2 is 1.76 bits per heavy atom. The fraction of sp³-hybridized carbons (Fsp3) is 0.571. The standard InChI is InChI=1S/C14H19BrO2/c1-14(2,3)13-11(15)12(17-13)9-5-7-10(16-4)8-6-9/h5-8,11-13H,1-4H3/t11-,12-,13-/m1/s1. The number of hydrogen-bond donors (Lipinski definition) is 0. The highest BCUT2D eigenvalue weighted by molar-refractivity contribution is 9.09. The Balaban J connectivity index is 2.06. The van der Waals surface area contributed by atoms with Gasteiger partial charge in [-0.1, -0.05) is 48.8 Å². The van der Waals surface area contributed by atoms with Crippen LogP contribution in [0.1, 0.15) is 32.4 Å². The van der Waals surface area contributed by atoms with E-state index in [9.17, 15) is 0 Å². The van der Waals surface area contributed by atoms with Gasteiger partial charge in [0.25, 0.3) is 0 Å². The van der Waals surface area contributed by atoms with Crippen LogP contribution < -0.4 is 4.74 Å². The fourth-order valence-corrected chi connectivity index (χ4v) is 3.46. The molecule has 0 unspecified atom stereocenters. The molecule has 1 aliphatic heterocycles. The smallest absolute Gasteiger partial charge is 0.118 e. The molecule has 1 fully saturated rings. The van der Waals surface area contributed by atoms with Gasteiger partial charge in [-0.05, 0) is 23.1 Å². The van der Waals surface area contributed by atoms with Crippen LogP contribution in [0.5, 0.6) is 5.75 Å². The van der Waals surface area contributed by atoms with Crippen molar-refractivity contribution in [1.29, 1.82) is 0 Å². The Bertz CT molecular complexity index is 380. The average Bonchev–Trinajstić information content (AvgIpc) is 2.26. The van der Waals surface area contributed by atoms with Gasteiger partial charge in [-0.15, -0.1) is 0 Å². The molecule has 0 amide bonds. The van der Waals surface area contributed by atoms with E-state index in [2.05, 4.69) is 48.8 Å². The summed E-state index contributed by atoms with van der Waals surface area (Å²) in [4.78, 5) is 0.385. The second kappa shape index (κ2) is 4.62. The van der Waals surface area contributed by atoms with Gasteiger partial charge in [-0.2, -0.15) is 0 Å². The molecular formula is C14H19BrO2. The zero-order chi connectivity index (χ0) is 12.6. The molecule has 3 atom stereocenters. The summed E-state index contributed by atoms with van der Waals surface area (Å²) in [6.07, 6.45) is 0.430. The zero-order valence-corrected chi connectivity index (χ0v) is 12.3. The van der Waals surface area contributed by atoms with Crippen molar-refractivity contribution in [3.05, 3.63) is 29.8 Å². The molecule has 1 aromatic carbocycles. The summed E-state index contributed by atoms with van der Waals surface area (Å²) < 4.78 is 11.1. The van der Waals surface area contributed by atoms with E-state index >= 15 is 0 Å². The second-order valence-corrected chi connectivity index (χ2v) is 6.62. The lowest BCUT2D eigenvalue weighted by atomic mass is 9.80. The Hall–Kier alpha value is -0.540. The Morgan fingerprint density at radius 3 is 2.18 bits per heavy atom. The largest absolute Gasteiger partial charge is 0.497 e. The predicted molar refractivity (Wildman–Crippen MR) is 72.8 cm³/mol. The van der Waals surface area contributed by atoms with Crippen molar-refractivity contribution in [2.24, 2.45) is 5.41 Å². The van der Waals surface area contributed by atoms with Gasteiger partial charge >= 0.3 is 0 Å². The molecule has 0 aliphatic carbocycles. The van der Waals surface area contributed by atoms with Crippen molar-refractivity contribution in [1.82, 2.24) is 0 Å². The third-order valence-electron chi connectivity index (χ3n) is 3.17. The van der Waals surface area contributed by atoms with E-state index in [1.807, 2.05) is 12.1 Å². The van der Waals surface area contributed by atoms with Gasteiger partial charge in [-0.25, -0.2) is 0 Å². The summed E-state index contributed by atoms with van der Waals surface area (Å²) in [5.74, 6) is 0.881. The first kappa shape index (κ1) is 12.9. The summed E-state index contributed by atoms with van der Waals surface area (Å²) in [7, 11) is 1.68. The highest BCUT2D eigenvalue weighted by Gasteiger charge is 2.47. The van der Waals surface area contributed by atoms with Gasteiger partial charge in [0, 0.05) is 0 Å². The van der Waals surface area contributed by atoms with Gasteiger partial charge < -0.3 is 9.47 Å².